The highest BCUT2D eigenvalue weighted by Crippen LogP contribution is 2.19. The van der Waals surface area contributed by atoms with Gasteiger partial charge in [-0.25, -0.2) is 9.59 Å². The third-order valence-corrected chi connectivity index (χ3v) is 3.78. The van der Waals surface area contributed by atoms with E-state index >= 15 is 0 Å². The summed E-state index contributed by atoms with van der Waals surface area (Å²) in [6.07, 6.45) is 0. The third-order valence-electron chi connectivity index (χ3n) is 1.64. The van der Waals surface area contributed by atoms with E-state index < -0.39 is 23.9 Å². The molecule has 0 atom stereocenters. The Morgan fingerprint density at radius 1 is 0.750 bits per heavy atom. The van der Waals surface area contributed by atoms with Crippen LogP contribution in [0.5, 0.6) is 0 Å². The van der Waals surface area contributed by atoms with Gasteiger partial charge in [0.25, 0.3) is 0 Å². The largest absolute Gasteiger partial charge is 0.338 e. The molecule has 6 amide bonds. The molecule has 20 heavy (non-hydrogen) atoms. The van der Waals surface area contributed by atoms with E-state index in [0.29, 0.717) is 13.1 Å². The van der Waals surface area contributed by atoms with Crippen molar-refractivity contribution in [2.45, 2.75) is 13.8 Å². The van der Waals surface area contributed by atoms with Crippen molar-refractivity contribution in [2.75, 3.05) is 24.6 Å². The zero-order chi connectivity index (χ0) is 15.4. The van der Waals surface area contributed by atoms with Crippen molar-refractivity contribution in [3.05, 3.63) is 0 Å². The Morgan fingerprint density at radius 2 is 1.10 bits per heavy atom. The first-order valence-corrected chi connectivity index (χ1v) is 8.38. The second kappa shape index (κ2) is 11.4. The van der Waals surface area contributed by atoms with Gasteiger partial charge in [-0.05, 0) is 13.8 Å². The fourth-order valence-electron chi connectivity index (χ4n) is 0.925. The van der Waals surface area contributed by atoms with Crippen molar-refractivity contribution >= 4 is 45.5 Å². The summed E-state index contributed by atoms with van der Waals surface area (Å²) in [6.45, 7) is 4.34. The Labute approximate surface area is 125 Å². The molecule has 8 nitrogen and oxygen atoms in total. The minimum atomic E-state index is -0.544. The molecule has 0 bridgehead atoms. The average Bonchev–Trinajstić information content (AvgIpc) is 2.35. The van der Waals surface area contributed by atoms with E-state index in [2.05, 4.69) is 21.3 Å². The van der Waals surface area contributed by atoms with E-state index in [4.69, 9.17) is 0 Å². The molecule has 0 aromatic carbocycles. The van der Waals surface area contributed by atoms with E-state index in [0.717, 1.165) is 21.6 Å². The number of rotatable bonds is 7. The van der Waals surface area contributed by atoms with E-state index in [1.54, 1.807) is 13.8 Å². The van der Waals surface area contributed by atoms with E-state index in [1.807, 2.05) is 0 Å². The molecule has 4 N–H and O–H groups in total. The summed E-state index contributed by atoms with van der Waals surface area (Å²) in [6, 6.07) is -1.09. The van der Waals surface area contributed by atoms with E-state index in [9.17, 15) is 19.2 Å². The van der Waals surface area contributed by atoms with Crippen LogP contribution in [0.3, 0.4) is 0 Å². The molecule has 0 fully saturated rings. The average molecular weight is 322 g/mol. The van der Waals surface area contributed by atoms with Gasteiger partial charge in [0.15, 0.2) is 0 Å². The van der Waals surface area contributed by atoms with E-state index in [-0.39, 0.29) is 11.5 Å². The maximum atomic E-state index is 11.3. The molecule has 0 radical (unpaired) electrons. The number of carbonyl (C=O) groups excluding carboxylic acids is 4. The smallest absolute Gasteiger partial charge is 0.321 e. The molecule has 0 heterocycles. The Morgan fingerprint density at radius 3 is 1.40 bits per heavy atom. The number of carbonyl (C=O) groups is 4. The Balaban J connectivity index is 3.65. The van der Waals surface area contributed by atoms with Crippen molar-refractivity contribution < 1.29 is 19.2 Å². The first-order chi connectivity index (χ1) is 9.49. The normalized spacial score (nSPS) is 9.50. The summed E-state index contributed by atoms with van der Waals surface area (Å²) in [5.41, 5.74) is 0. The van der Waals surface area contributed by atoms with Crippen molar-refractivity contribution in [2.24, 2.45) is 0 Å². The Bertz CT molecular complexity index is 331. The van der Waals surface area contributed by atoms with Gasteiger partial charge in [-0.15, -0.1) is 0 Å². The molecule has 0 aliphatic rings. The summed E-state index contributed by atoms with van der Waals surface area (Å²) in [7, 11) is 2.24. The van der Waals surface area contributed by atoms with Gasteiger partial charge < -0.3 is 10.6 Å². The second-order valence-corrected chi connectivity index (χ2v) is 5.80. The molecule has 0 aliphatic carbocycles. The Kier molecular flexibility index (Phi) is 10.6. The van der Waals surface area contributed by atoms with Crippen LogP contribution in [0, 0.1) is 0 Å². The van der Waals surface area contributed by atoms with Crippen molar-refractivity contribution in [1.82, 2.24) is 21.3 Å². The van der Waals surface area contributed by atoms with E-state index in [1.165, 1.54) is 0 Å². The molecule has 0 spiro atoms. The highest BCUT2D eigenvalue weighted by Gasteiger charge is 2.09. The quantitative estimate of drug-likeness (QED) is 0.389. The predicted octanol–water partition coefficient (Wildman–Crippen LogP) is 0.0592. The molecule has 0 unspecified atom stereocenters. The van der Waals surface area contributed by atoms with Gasteiger partial charge in [0, 0.05) is 13.1 Å². The minimum Gasteiger partial charge on any atom is -0.338 e. The Hall–Kier alpha value is -1.42. The van der Waals surface area contributed by atoms with Gasteiger partial charge in [0.2, 0.25) is 11.8 Å². The maximum Gasteiger partial charge on any atom is 0.321 e. The molecule has 0 aromatic rings. The summed E-state index contributed by atoms with van der Waals surface area (Å²) in [4.78, 5) is 44.5. The summed E-state index contributed by atoms with van der Waals surface area (Å²) < 4.78 is 0. The molecule has 114 valence electrons. The lowest BCUT2D eigenvalue weighted by Crippen LogP contribution is -2.40. The molecular weight excluding hydrogens is 304 g/mol. The number of hydrogen-bond donors (Lipinski definition) is 4. The number of amides is 6. The number of urea groups is 2. The number of imide groups is 2. The first-order valence-electron chi connectivity index (χ1n) is 5.89. The van der Waals surface area contributed by atoms with Crippen LogP contribution in [0.4, 0.5) is 9.59 Å². The lowest BCUT2D eigenvalue weighted by atomic mass is 10.6. The van der Waals surface area contributed by atoms with Crippen molar-refractivity contribution in [1.29, 1.82) is 0 Å². The van der Waals surface area contributed by atoms with Gasteiger partial charge in [0.1, 0.15) is 0 Å². The third kappa shape index (κ3) is 10.5. The van der Waals surface area contributed by atoms with Gasteiger partial charge >= 0.3 is 12.1 Å². The number of hydrogen-bond acceptors (Lipinski definition) is 6. The standard InChI is InChI=1S/C10H18N4O4S2/c1-3-11-9(17)13-7(15)5-19-20-6-8(16)14-10(18)12-4-2/h3-6H2,1-2H3,(H2,11,13,15,17)(H2,12,14,16,18). The minimum absolute atomic E-state index is 0.0379. The molecule has 0 rings (SSSR count). The van der Waals surface area contributed by atoms with Crippen LogP contribution in [0.1, 0.15) is 13.8 Å². The van der Waals surface area contributed by atoms with Gasteiger partial charge in [-0.2, -0.15) is 0 Å². The molecule has 10 heteroatoms. The van der Waals surface area contributed by atoms with Crippen LogP contribution in [0.15, 0.2) is 0 Å². The van der Waals surface area contributed by atoms with Crippen LogP contribution in [-0.2, 0) is 9.59 Å². The molecule has 0 aliphatic heterocycles. The molecule has 0 saturated carbocycles. The molecule has 0 saturated heterocycles. The summed E-state index contributed by atoms with van der Waals surface area (Å²) >= 11 is 0. The number of nitrogens with one attached hydrogen (secondary N) is 4. The monoisotopic (exact) mass is 322 g/mol. The van der Waals surface area contributed by atoms with Gasteiger partial charge in [-0.1, -0.05) is 21.6 Å². The lowest BCUT2D eigenvalue weighted by molar-refractivity contribution is -0.118. The van der Waals surface area contributed by atoms with Crippen LogP contribution < -0.4 is 21.3 Å². The first kappa shape index (κ1) is 18.6. The molecular formula is C10H18N4O4S2. The van der Waals surface area contributed by atoms with Crippen molar-refractivity contribution in [3.63, 3.8) is 0 Å². The molecule has 0 aromatic heterocycles. The van der Waals surface area contributed by atoms with Crippen LogP contribution in [-0.4, -0.2) is 48.5 Å². The lowest BCUT2D eigenvalue weighted by Gasteiger charge is -2.05. The fraction of sp³-hybridized carbons (Fsp3) is 0.600. The van der Waals surface area contributed by atoms with Crippen LogP contribution in [0.25, 0.3) is 0 Å². The topological polar surface area (TPSA) is 116 Å². The van der Waals surface area contributed by atoms with Gasteiger partial charge in [-0.3, -0.25) is 20.2 Å². The SMILES string of the molecule is CCNC(=O)NC(=O)CSSCC(=O)NC(=O)NCC. The van der Waals surface area contributed by atoms with Crippen LogP contribution in [0.2, 0.25) is 0 Å². The predicted molar refractivity (Wildman–Crippen MR) is 79.3 cm³/mol. The second-order valence-electron chi connectivity index (χ2n) is 3.34. The van der Waals surface area contributed by atoms with Crippen molar-refractivity contribution in [3.8, 4) is 0 Å². The zero-order valence-corrected chi connectivity index (χ0v) is 12.9. The zero-order valence-electron chi connectivity index (χ0n) is 11.3. The summed E-state index contributed by atoms with van der Waals surface area (Å²) in [5, 5.41) is 9.11. The van der Waals surface area contributed by atoms with Gasteiger partial charge in [0.05, 0.1) is 11.5 Å². The maximum absolute atomic E-state index is 11.3. The summed E-state index contributed by atoms with van der Waals surface area (Å²) in [5.74, 6) is -0.817. The highest BCUT2D eigenvalue weighted by atomic mass is 33.1. The van der Waals surface area contributed by atoms with Crippen LogP contribution >= 0.6 is 21.6 Å². The highest BCUT2D eigenvalue weighted by molar-refractivity contribution is 8.77. The fourth-order valence-corrected chi connectivity index (χ4v) is 2.59.